The van der Waals surface area contributed by atoms with E-state index in [9.17, 15) is 73.3 Å². The summed E-state index contributed by atoms with van der Waals surface area (Å²) in [6.07, 6.45) is 22.7. The van der Waals surface area contributed by atoms with Crippen LogP contribution in [0.1, 0.15) is 291 Å². The Morgan fingerprint density at radius 3 is 1.22 bits per heavy atom. The molecule has 2 saturated heterocycles. The van der Waals surface area contributed by atoms with Crippen LogP contribution in [-0.4, -0.2) is 147 Å². The van der Waals surface area contributed by atoms with Crippen molar-refractivity contribution in [2.45, 2.75) is 350 Å². The Morgan fingerprint density at radius 1 is 0.479 bits per heavy atom. The molecule has 0 amide bonds. The van der Waals surface area contributed by atoms with Crippen molar-refractivity contribution in [3.05, 3.63) is 181 Å². The Labute approximate surface area is 836 Å². The van der Waals surface area contributed by atoms with Crippen molar-refractivity contribution in [1.82, 2.24) is 0 Å². The van der Waals surface area contributed by atoms with E-state index >= 15 is 0 Å². The van der Waals surface area contributed by atoms with Crippen LogP contribution < -0.4 is 0 Å². The summed E-state index contributed by atoms with van der Waals surface area (Å²) in [5, 5.41) is -4.45. The van der Waals surface area contributed by atoms with Gasteiger partial charge >= 0.3 is 69.1 Å². The zero-order valence-electron chi connectivity index (χ0n) is 85.7. The lowest BCUT2D eigenvalue weighted by Crippen LogP contribution is -2.51. The number of halogens is 2. The van der Waals surface area contributed by atoms with Gasteiger partial charge in [0.05, 0.1) is 83.4 Å². The van der Waals surface area contributed by atoms with Gasteiger partial charge in [0, 0.05) is 11.8 Å². The number of carbonyl (C=O) groups is 9. The molecule has 2 heterocycles. The monoisotopic (exact) mass is 2020 g/mol. The molecule has 140 heavy (non-hydrogen) atoms. The maximum atomic E-state index is 13.1. The minimum atomic E-state index is -5.56. The molecule has 0 radical (unpaired) electrons. The summed E-state index contributed by atoms with van der Waals surface area (Å²) in [7, 11) is -10.0. The van der Waals surface area contributed by atoms with E-state index < -0.39 is 113 Å². The number of carbonyl (C=O) groups excluding carboxylic acids is 9. The molecular weight excluding hydrogens is 1870 g/mol. The van der Waals surface area contributed by atoms with Crippen molar-refractivity contribution in [3.63, 3.8) is 0 Å². The third kappa shape index (κ3) is 32.7. The second-order valence-corrected chi connectivity index (χ2v) is 48.5. The van der Waals surface area contributed by atoms with Gasteiger partial charge in [-0.15, -0.1) is 0 Å². The zero-order valence-corrected chi connectivity index (χ0v) is 89.0. The molecule has 7 saturated carbocycles. The lowest BCUT2D eigenvalue weighted by Gasteiger charge is -2.55. The number of rotatable bonds is 29. The third-order valence-electron chi connectivity index (χ3n) is 29.1. The van der Waals surface area contributed by atoms with E-state index in [1.54, 1.807) is 55.4 Å². The lowest BCUT2D eigenvalue weighted by molar-refractivity contribution is -0.182. The van der Waals surface area contributed by atoms with Crippen LogP contribution in [0.2, 0.25) is 0 Å². The van der Waals surface area contributed by atoms with Gasteiger partial charge in [-0.05, 0) is 308 Å². The molecule has 7 aliphatic carbocycles. The van der Waals surface area contributed by atoms with Gasteiger partial charge in [0.1, 0.15) is 17.8 Å². The number of hydrogen-bond donors (Lipinski definition) is 1. The summed E-state index contributed by atoms with van der Waals surface area (Å²) in [5.41, 5.74) is -4.38. The minimum Gasteiger partial charge on any atom is -0.748 e. The van der Waals surface area contributed by atoms with Crippen LogP contribution in [-0.2, 0) is 128 Å². The van der Waals surface area contributed by atoms with E-state index in [0.29, 0.717) is 82.3 Å². The SMILES string of the molecule is CC12CCC(C(=O)OCCS(=O)(=O)[O-])(OC1=O)C2(C)C.CCC(C)(C)C(=O)OC1(C)CCCC1.CCC(C)(C)C(=O)OC1CCOC1=O.CCC1(OC(=O)C(C)(C)CC)CCCCCCC1.CCOC(=O)COC(=O)C(C)(C)CC.Cc1ccc([S+](c2ccccc2)c2ccccc2)cc1.O=C(OCC(F)(F)S(=O)(=O)O)C12CC3CC(CC(C3)C1)C2.c1ccc([S+](c2ccccc2)c2ccccc2)cc1. The summed E-state index contributed by atoms with van der Waals surface area (Å²) in [5.74, 6) is -3.07. The van der Waals surface area contributed by atoms with E-state index in [0.717, 1.165) is 64.2 Å². The van der Waals surface area contributed by atoms with Gasteiger partial charge in [0.15, 0.2) is 42.6 Å². The van der Waals surface area contributed by atoms with Gasteiger partial charge in [0.25, 0.3) is 0 Å². The highest BCUT2D eigenvalue weighted by atomic mass is 32.2. The number of aryl methyl sites for hydroxylation is 1. The number of ether oxygens (including phenoxy) is 9. The van der Waals surface area contributed by atoms with Crippen molar-refractivity contribution in [2.24, 2.45) is 55.7 Å². The van der Waals surface area contributed by atoms with E-state index in [2.05, 4.69) is 213 Å². The maximum absolute atomic E-state index is 13.1. The molecule has 3 unspecified atom stereocenters. The maximum Gasteiger partial charge on any atom is 0.402 e. The number of benzene rings is 6. The topological polar surface area (TPSA) is 348 Å². The third-order valence-corrected chi connectivity index (χ3v) is 35.1. The molecule has 9 fully saturated rings. The molecule has 6 aromatic carbocycles. The van der Waals surface area contributed by atoms with Crippen molar-refractivity contribution < 1.29 is 121 Å². The highest BCUT2D eigenvalue weighted by molar-refractivity contribution is 7.97. The van der Waals surface area contributed by atoms with Gasteiger partial charge in [-0.25, -0.2) is 22.8 Å². The van der Waals surface area contributed by atoms with Gasteiger partial charge in [-0.2, -0.15) is 17.2 Å². The molecule has 6 aromatic rings. The van der Waals surface area contributed by atoms with Crippen LogP contribution in [0.3, 0.4) is 0 Å². The van der Waals surface area contributed by atoms with Crippen LogP contribution in [0, 0.1) is 62.6 Å². The Hall–Kier alpha value is -9.07. The van der Waals surface area contributed by atoms with Crippen LogP contribution >= 0.6 is 0 Å². The summed E-state index contributed by atoms with van der Waals surface area (Å²) in [6, 6.07) is 62.5. The largest absolute Gasteiger partial charge is 0.748 e. The average molecular weight is 2030 g/mol. The number of hydrogen-bond acceptors (Lipinski definition) is 23. The van der Waals surface area contributed by atoms with Crippen molar-refractivity contribution in [1.29, 1.82) is 0 Å². The first-order valence-corrected chi connectivity index (χ1v) is 54.9. The molecule has 0 spiro atoms. The predicted molar refractivity (Wildman–Crippen MR) is 535 cm³/mol. The minimum absolute atomic E-state index is 0.00702. The molecule has 24 nitrogen and oxygen atoms in total. The van der Waals surface area contributed by atoms with Crippen LogP contribution in [0.15, 0.2) is 205 Å². The zero-order chi connectivity index (χ0) is 104. The molecule has 30 heteroatoms. The van der Waals surface area contributed by atoms with E-state index in [-0.39, 0.29) is 74.3 Å². The quantitative estimate of drug-likeness (QED) is 0.0197. The molecule has 2 aliphatic heterocycles. The van der Waals surface area contributed by atoms with Crippen LogP contribution in [0.25, 0.3) is 0 Å². The summed E-state index contributed by atoms with van der Waals surface area (Å²) in [4.78, 5) is 114. The lowest BCUT2D eigenvalue weighted by atomic mass is 9.49. The normalized spacial score (nSPS) is 21.8. The summed E-state index contributed by atoms with van der Waals surface area (Å²) < 4.78 is 133. The first-order chi connectivity index (χ1) is 65.6. The van der Waals surface area contributed by atoms with Gasteiger partial charge in [-0.1, -0.05) is 176 Å². The summed E-state index contributed by atoms with van der Waals surface area (Å²) >= 11 is 0. The fourth-order valence-electron chi connectivity index (χ4n) is 18.0. The fraction of sp³-hybridized carbons (Fsp3) is 0.591. The molecule has 6 bridgehead atoms. The first kappa shape index (κ1) is 118. The number of fused-ring (bicyclic) bond motifs is 2. The van der Waals surface area contributed by atoms with Gasteiger partial charge in [0.2, 0.25) is 11.7 Å². The number of alkyl halides is 2. The second kappa shape index (κ2) is 51.9. The first-order valence-electron chi connectivity index (χ1n) is 49.5. The highest BCUT2D eigenvalue weighted by Gasteiger charge is 2.76. The Balaban J connectivity index is 0.000000219. The van der Waals surface area contributed by atoms with Crippen LogP contribution in [0.5, 0.6) is 0 Å². The summed E-state index contributed by atoms with van der Waals surface area (Å²) in [6.45, 7) is 34.5. The van der Waals surface area contributed by atoms with Gasteiger partial charge < -0.3 is 47.2 Å². The molecule has 0 aromatic heterocycles. The van der Waals surface area contributed by atoms with Crippen LogP contribution in [0.4, 0.5) is 8.78 Å². The molecule has 9 aliphatic rings. The number of esters is 9. The Bertz CT molecular complexity index is 5050. The number of cyclic esters (lactones) is 1. The highest BCUT2D eigenvalue weighted by Crippen LogP contribution is 2.66. The second-order valence-electron chi connectivity index (χ2n) is 41.4. The average Bonchev–Trinajstić information content (AvgIpc) is 1.52. The van der Waals surface area contributed by atoms with E-state index in [1.807, 2.05) is 48.5 Å². The predicted octanol–water partition coefficient (Wildman–Crippen LogP) is 23.3. The van der Waals surface area contributed by atoms with Gasteiger partial charge in [-0.3, -0.25) is 33.3 Å². The smallest absolute Gasteiger partial charge is 0.402 e. The van der Waals surface area contributed by atoms with E-state index in [1.165, 1.54) is 79.9 Å². The van der Waals surface area contributed by atoms with Crippen molar-refractivity contribution in [2.75, 3.05) is 38.8 Å². The molecule has 1 N–H and O–H groups in total. The molecular formula is C110H153F2O24S4+. The van der Waals surface area contributed by atoms with Crippen molar-refractivity contribution in [3.8, 4) is 0 Å². The van der Waals surface area contributed by atoms with E-state index in [4.69, 9.17) is 37.7 Å². The molecule has 774 valence electrons. The molecule has 3 atom stereocenters. The standard InChI is InChI=1S/C19H17S.C18H15S.C16H30O2.C13H18F2O5S.C12H18O7S.C12H22O2.C10H16O4.C10H18O4/c1-16-12-14-19(15-13-16)20(17-8-4-2-5-9-17)18-10-6-3-7-11-18;1-4-10-16(11-5-1)19(17-12-6-2-7-13-17)18-14-8-3-9-15-18;1-5-15(3,4)14(17)18-16(6-2)12-10-8-7-9-11-13-16;14-13(15,21(17,18)19)7-20-11(16)12-4-8-1-9(5-12)3-10(2-8)6-12;1-10(2)11(3)4-5-12(10,19-8(11)13)9(14)18-6-7-20(15,16)17;1-5-11(2,3)10(13)14-12(4)8-6-7-9-12;1-4-10(2,3)9(12)14-7-5-6-13-8(7)11;1-5-10(3,4)9(12)14-7-8(11)13-6-2/h2-15H,1H3;1-15H;5-13H2,1-4H3;8-10H,1-7H2,(H,17,18,19);4-7H2,1-3H3,(H,15,16,17);5-9H2,1-4H3;7H,4-6H2,1-3H3;5-7H2,1-4H3/q2*+1;;;;;;/p-1. The Kier molecular flexibility index (Phi) is 43.7. The van der Waals surface area contributed by atoms with Crippen molar-refractivity contribution >= 4 is 95.7 Å². The fourth-order valence-corrected chi connectivity index (χ4v) is 22.7. The molecule has 15 rings (SSSR count). The Morgan fingerprint density at radius 2 is 0.864 bits per heavy atom.